The molecule has 3 atom stereocenters. The molecule has 3 unspecified atom stereocenters. The van der Waals surface area contributed by atoms with E-state index in [1.54, 1.807) is 0 Å². The van der Waals surface area contributed by atoms with Gasteiger partial charge in [-0.25, -0.2) is 0 Å². The van der Waals surface area contributed by atoms with E-state index in [4.69, 9.17) is 5.73 Å². The van der Waals surface area contributed by atoms with Gasteiger partial charge in [0.1, 0.15) is 0 Å². The average molecular weight is 211 g/mol. The Balaban J connectivity index is 2.38. The van der Waals surface area contributed by atoms with Crippen LogP contribution in [-0.4, -0.2) is 6.04 Å². The third-order valence-electron chi connectivity index (χ3n) is 4.14. The fourth-order valence-corrected chi connectivity index (χ4v) is 3.03. The monoisotopic (exact) mass is 211 g/mol. The molecule has 1 aliphatic carbocycles. The van der Waals surface area contributed by atoms with Gasteiger partial charge < -0.3 is 5.73 Å². The van der Waals surface area contributed by atoms with Crippen LogP contribution in [0.5, 0.6) is 0 Å². The molecule has 0 aromatic heterocycles. The quantitative estimate of drug-likeness (QED) is 0.700. The van der Waals surface area contributed by atoms with Gasteiger partial charge >= 0.3 is 0 Å². The van der Waals surface area contributed by atoms with Gasteiger partial charge in [-0.3, -0.25) is 0 Å². The highest BCUT2D eigenvalue weighted by atomic mass is 14.7. The molecule has 1 rings (SSSR count). The third kappa shape index (κ3) is 4.14. The van der Waals surface area contributed by atoms with Crippen molar-refractivity contribution in [2.75, 3.05) is 0 Å². The Morgan fingerprint density at radius 3 is 2.47 bits per heavy atom. The highest BCUT2D eigenvalue weighted by Gasteiger charge is 2.24. The minimum absolute atomic E-state index is 0.436. The van der Waals surface area contributed by atoms with Crippen LogP contribution in [0.15, 0.2) is 0 Å². The molecule has 0 heterocycles. The molecule has 0 spiro atoms. The molecular formula is C14H29N. The van der Waals surface area contributed by atoms with Crippen molar-refractivity contribution in [3.63, 3.8) is 0 Å². The van der Waals surface area contributed by atoms with Crippen molar-refractivity contribution in [1.29, 1.82) is 0 Å². The van der Waals surface area contributed by atoms with Gasteiger partial charge in [0, 0.05) is 6.04 Å². The van der Waals surface area contributed by atoms with Crippen LogP contribution in [-0.2, 0) is 0 Å². The van der Waals surface area contributed by atoms with E-state index in [9.17, 15) is 0 Å². The summed E-state index contributed by atoms with van der Waals surface area (Å²) in [6.45, 7) is 6.83. The molecule has 1 heteroatoms. The third-order valence-corrected chi connectivity index (χ3v) is 4.14. The predicted molar refractivity (Wildman–Crippen MR) is 67.8 cm³/mol. The Kier molecular flexibility index (Phi) is 5.66. The molecule has 0 saturated heterocycles. The lowest BCUT2D eigenvalue weighted by Gasteiger charge is -2.25. The first-order valence-electron chi connectivity index (χ1n) is 6.90. The molecular weight excluding hydrogens is 182 g/mol. The Hall–Kier alpha value is -0.0400. The summed E-state index contributed by atoms with van der Waals surface area (Å²) in [5, 5.41) is 0. The fourth-order valence-electron chi connectivity index (χ4n) is 3.03. The Morgan fingerprint density at radius 2 is 1.87 bits per heavy atom. The maximum Gasteiger partial charge on any atom is 0.00903 e. The van der Waals surface area contributed by atoms with Crippen molar-refractivity contribution in [1.82, 2.24) is 0 Å². The average Bonchev–Trinajstić information content (AvgIpc) is 2.43. The second-order valence-corrected chi connectivity index (χ2v) is 5.74. The maximum atomic E-state index is 6.28. The molecule has 0 aliphatic heterocycles. The molecule has 90 valence electrons. The van der Waals surface area contributed by atoms with E-state index in [1.807, 2.05) is 0 Å². The topological polar surface area (TPSA) is 26.0 Å². The number of rotatable bonds is 4. The summed E-state index contributed by atoms with van der Waals surface area (Å²) in [5.74, 6) is 2.45. The molecule has 0 bridgehead atoms. The van der Waals surface area contributed by atoms with Gasteiger partial charge in [0.25, 0.3) is 0 Å². The van der Waals surface area contributed by atoms with Crippen molar-refractivity contribution in [3.8, 4) is 0 Å². The van der Waals surface area contributed by atoms with Crippen molar-refractivity contribution in [2.24, 2.45) is 23.5 Å². The summed E-state index contributed by atoms with van der Waals surface area (Å²) in [7, 11) is 0. The van der Waals surface area contributed by atoms with Crippen LogP contribution >= 0.6 is 0 Å². The summed E-state index contributed by atoms with van der Waals surface area (Å²) >= 11 is 0. The lowest BCUT2D eigenvalue weighted by atomic mass is 9.85. The van der Waals surface area contributed by atoms with Gasteiger partial charge in [-0.15, -0.1) is 0 Å². The molecule has 0 amide bonds. The van der Waals surface area contributed by atoms with Crippen LogP contribution in [0, 0.1) is 17.8 Å². The highest BCUT2D eigenvalue weighted by molar-refractivity contribution is 4.79. The van der Waals surface area contributed by atoms with E-state index in [0.29, 0.717) is 12.0 Å². The van der Waals surface area contributed by atoms with Crippen LogP contribution < -0.4 is 5.73 Å². The molecule has 1 nitrogen and oxygen atoms in total. The largest absolute Gasteiger partial charge is 0.327 e. The first kappa shape index (κ1) is 13.0. The van der Waals surface area contributed by atoms with Crippen LogP contribution in [0.4, 0.5) is 0 Å². The maximum absolute atomic E-state index is 6.28. The summed E-state index contributed by atoms with van der Waals surface area (Å²) in [4.78, 5) is 0. The van der Waals surface area contributed by atoms with Crippen LogP contribution in [0.1, 0.15) is 65.7 Å². The number of hydrogen-bond acceptors (Lipinski definition) is 1. The van der Waals surface area contributed by atoms with Crippen LogP contribution in [0.3, 0.4) is 0 Å². The summed E-state index contributed by atoms with van der Waals surface area (Å²) in [5.41, 5.74) is 6.28. The van der Waals surface area contributed by atoms with Crippen LogP contribution in [0.2, 0.25) is 0 Å². The zero-order chi connectivity index (χ0) is 11.3. The van der Waals surface area contributed by atoms with E-state index in [1.165, 1.54) is 44.9 Å². The van der Waals surface area contributed by atoms with Gasteiger partial charge in [0.15, 0.2) is 0 Å². The minimum atomic E-state index is 0.436. The zero-order valence-corrected chi connectivity index (χ0v) is 10.8. The van der Waals surface area contributed by atoms with E-state index in [-0.39, 0.29) is 0 Å². The number of hydrogen-bond donors (Lipinski definition) is 1. The van der Waals surface area contributed by atoms with Gasteiger partial charge in [-0.2, -0.15) is 0 Å². The van der Waals surface area contributed by atoms with Gasteiger partial charge in [0.05, 0.1) is 0 Å². The summed E-state index contributed by atoms with van der Waals surface area (Å²) in [6.07, 6.45) is 9.84. The van der Waals surface area contributed by atoms with E-state index >= 15 is 0 Å². The zero-order valence-electron chi connectivity index (χ0n) is 10.8. The van der Waals surface area contributed by atoms with Crippen molar-refractivity contribution >= 4 is 0 Å². The smallest absolute Gasteiger partial charge is 0.00903 e. The molecule has 1 fully saturated rings. The molecule has 1 saturated carbocycles. The van der Waals surface area contributed by atoms with Crippen molar-refractivity contribution in [2.45, 2.75) is 71.8 Å². The second kappa shape index (κ2) is 6.52. The molecule has 2 N–H and O–H groups in total. The summed E-state index contributed by atoms with van der Waals surface area (Å²) in [6, 6.07) is 0.436. The normalized spacial score (nSPS) is 30.2. The first-order chi connectivity index (χ1) is 7.15. The van der Waals surface area contributed by atoms with E-state index in [0.717, 1.165) is 11.8 Å². The lowest BCUT2D eigenvalue weighted by Crippen LogP contribution is -2.34. The number of nitrogens with two attached hydrogens (primary N) is 1. The molecule has 0 aromatic rings. The molecule has 0 radical (unpaired) electrons. The minimum Gasteiger partial charge on any atom is -0.327 e. The fraction of sp³-hybridized carbons (Fsp3) is 1.00. The first-order valence-corrected chi connectivity index (χ1v) is 6.90. The summed E-state index contributed by atoms with van der Waals surface area (Å²) < 4.78 is 0. The van der Waals surface area contributed by atoms with E-state index in [2.05, 4.69) is 20.8 Å². The Bertz CT molecular complexity index is 165. The molecule has 15 heavy (non-hydrogen) atoms. The van der Waals surface area contributed by atoms with E-state index < -0.39 is 0 Å². The van der Waals surface area contributed by atoms with Gasteiger partial charge in [0.2, 0.25) is 0 Å². The second-order valence-electron chi connectivity index (χ2n) is 5.74. The SMILES string of the molecule is CCCC1CCCC(C(N)C(C)C)CC1. The van der Waals surface area contributed by atoms with Gasteiger partial charge in [-0.05, 0) is 30.6 Å². The van der Waals surface area contributed by atoms with Crippen LogP contribution in [0.25, 0.3) is 0 Å². The highest BCUT2D eigenvalue weighted by Crippen LogP contribution is 2.32. The standard InChI is InChI=1S/C14H29N/c1-4-6-12-7-5-8-13(10-9-12)14(15)11(2)3/h11-14H,4-10,15H2,1-3H3. The Morgan fingerprint density at radius 1 is 1.13 bits per heavy atom. The van der Waals surface area contributed by atoms with Crippen molar-refractivity contribution < 1.29 is 0 Å². The van der Waals surface area contributed by atoms with Gasteiger partial charge in [-0.1, -0.05) is 52.9 Å². The molecule has 0 aromatic carbocycles. The lowest BCUT2D eigenvalue weighted by molar-refractivity contribution is 0.305. The molecule has 1 aliphatic rings. The Labute approximate surface area is 95.8 Å². The van der Waals surface area contributed by atoms with Crippen molar-refractivity contribution in [3.05, 3.63) is 0 Å². The predicted octanol–water partition coefficient (Wildman–Crippen LogP) is 3.97.